The fraction of sp³-hybridized carbons (Fsp3) is 0.414. The highest BCUT2D eigenvalue weighted by molar-refractivity contribution is 8.00. The maximum atomic E-state index is 13.3. The van der Waals surface area contributed by atoms with Gasteiger partial charge in [-0.2, -0.15) is 0 Å². The molecule has 186 valence electrons. The number of nitrogens with zero attached hydrogens (tertiary/aromatic N) is 2. The monoisotopic (exact) mass is 491 g/mol. The van der Waals surface area contributed by atoms with Crippen molar-refractivity contribution in [3.8, 4) is 0 Å². The van der Waals surface area contributed by atoms with Crippen LogP contribution in [-0.4, -0.2) is 20.7 Å². The number of carbonyl (C=O) groups excluding carboxylic acids is 1. The van der Waals surface area contributed by atoms with Crippen LogP contribution in [0.5, 0.6) is 0 Å². The zero-order valence-electron chi connectivity index (χ0n) is 21.9. The van der Waals surface area contributed by atoms with Crippen molar-refractivity contribution < 1.29 is 4.79 Å². The maximum absolute atomic E-state index is 13.3. The second kappa shape index (κ2) is 11.3. The number of thioether (sulfide) groups is 1. The molecule has 2 atom stereocenters. The highest BCUT2D eigenvalue weighted by Crippen LogP contribution is 2.26. The van der Waals surface area contributed by atoms with Crippen molar-refractivity contribution in [2.45, 2.75) is 76.2 Å². The Kier molecular flexibility index (Phi) is 8.60. The van der Waals surface area contributed by atoms with Gasteiger partial charge in [-0.1, -0.05) is 94.1 Å². The normalized spacial score (nSPS) is 13.3. The summed E-state index contributed by atoms with van der Waals surface area (Å²) in [5.74, 6) is -0.0521. The molecule has 1 N–H and O–H groups in total. The summed E-state index contributed by atoms with van der Waals surface area (Å²) in [6.45, 7) is 12.4. The molecule has 0 spiro atoms. The first kappa shape index (κ1) is 26.7. The van der Waals surface area contributed by atoms with Crippen molar-refractivity contribution in [1.82, 2.24) is 14.9 Å². The first-order valence-corrected chi connectivity index (χ1v) is 13.1. The number of carbonyl (C=O) groups is 1. The van der Waals surface area contributed by atoms with Gasteiger partial charge in [0.05, 0.1) is 11.3 Å². The fourth-order valence-corrected chi connectivity index (χ4v) is 4.97. The molecule has 0 bridgehead atoms. The molecule has 3 rings (SSSR count). The average Bonchev–Trinajstić information content (AvgIpc) is 2.83. The summed E-state index contributed by atoms with van der Waals surface area (Å²) in [7, 11) is 1.74. The third kappa shape index (κ3) is 6.63. The molecule has 1 amide bonds. The van der Waals surface area contributed by atoms with Gasteiger partial charge in [0.25, 0.3) is 5.56 Å². The Hall–Kier alpha value is -2.86. The Balaban J connectivity index is 1.77. The standard InChI is InChI=1S/C29H37N3O2S/c1-8-25(26(33)30-19(2)22-12-10-9-11-13-22)35-28-31-20(3)24(27(34)32(28)7)18-21-14-16-23(17-15-21)29(4,5)6/h9-17,19,25H,8,18H2,1-7H3,(H,30,33). The van der Waals surface area contributed by atoms with Gasteiger partial charge in [0.2, 0.25) is 5.91 Å². The maximum Gasteiger partial charge on any atom is 0.257 e. The number of hydrogen-bond donors (Lipinski definition) is 1. The molecular weight excluding hydrogens is 454 g/mol. The Morgan fingerprint density at radius 2 is 1.71 bits per heavy atom. The van der Waals surface area contributed by atoms with Crippen molar-refractivity contribution in [3.63, 3.8) is 0 Å². The van der Waals surface area contributed by atoms with E-state index in [2.05, 4.69) is 50.4 Å². The summed E-state index contributed by atoms with van der Waals surface area (Å²) >= 11 is 1.35. The Morgan fingerprint density at radius 3 is 2.29 bits per heavy atom. The number of benzene rings is 2. The number of hydrogen-bond acceptors (Lipinski definition) is 4. The Labute approximate surface area is 213 Å². The van der Waals surface area contributed by atoms with Crippen LogP contribution < -0.4 is 10.9 Å². The van der Waals surface area contributed by atoms with Crippen LogP contribution in [0.15, 0.2) is 64.5 Å². The van der Waals surface area contributed by atoms with E-state index >= 15 is 0 Å². The molecule has 0 aliphatic carbocycles. The van der Waals surface area contributed by atoms with Crippen molar-refractivity contribution in [1.29, 1.82) is 0 Å². The topological polar surface area (TPSA) is 64.0 Å². The van der Waals surface area contributed by atoms with Gasteiger partial charge in [0.1, 0.15) is 0 Å². The van der Waals surface area contributed by atoms with Gasteiger partial charge >= 0.3 is 0 Å². The zero-order valence-corrected chi connectivity index (χ0v) is 22.7. The summed E-state index contributed by atoms with van der Waals surface area (Å²) < 4.78 is 1.58. The molecule has 0 aliphatic rings. The molecule has 0 saturated heterocycles. The molecule has 3 aromatic rings. The minimum absolute atomic E-state index is 0.0521. The predicted molar refractivity (Wildman–Crippen MR) is 145 cm³/mol. The van der Waals surface area contributed by atoms with E-state index in [0.717, 1.165) is 11.1 Å². The number of aryl methyl sites for hydroxylation is 1. The van der Waals surface area contributed by atoms with Gasteiger partial charge in [-0.15, -0.1) is 0 Å². The molecule has 0 fully saturated rings. The van der Waals surface area contributed by atoms with E-state index in [-0.39, 0.29) is 28.2 Å². The van der Waals surface area contributed by atoms with Crippen LogP contribution in [0.25, 0.3) is 0 Å². The molecule has 2 unspecified atom stereocenters. The lowest BCUT2D eigenvalue weighted by Gasteiger charge is -2.20. The SMILES string of the molecule is CCC(Sc1nc(C)c(Cc2ccc(C(C)(C)C)cc2)c(=O)n1C)C(=O)NC(C)c1ccccc1. The van der Waals surface area contributed by atoms with E-state index in [0.29, 0.717) is 29.3 Å². The van der Waals surface area contributed by atoms with Gasteiger partial charge in [-0.25, -0.2) is 4.98 Å². The summed E-state index contributed by atoms with van der Waals surface area (Å²) in [6.07, 6.45) is 1.17. The van der Waals surface area contributed by atoms with Crippen molar-refractivity contribution in [3.05, 3.63) is 92.9 Å². The number of aromatic nitrogens is 2. The first-order chi connectivity index (χ1) is 16.5. The smallest absolute Gasteiger partial charge is 0.257 e. The summed E-state index contributed by atoms with van der Waals surface area (Å²) in [5, 5.41) is 3.33. The molecule has 35 heavy (non-hydrogen) atoms. The quantitative estimate of drug-likeness (QED) is 0.323. The van der Waals surface area contributed by atoms with E-state index in [1.54, 1.807) is 11.6 Å². The highest BCUT2D eigenvalue weighted by Gasteiger charge is 2.23. The lowest BCUT2D eigenvalue weighted by molar-refractivity contribution is -0.121. The Bertz CT molecular complexity index is 1210. The van der Waals surface area contributed by atoms with Crippen LogP contribution >= 0.6 is 11.8 Å². The highest BCUT2D eigenvalue weighted by atomic mass is 32.2. The second-order valence-corrected chi connectivity index (χ2v) is 11.3. The van der Waals surface area contributed by atoms with Crippen molar-refractivity contribution in [2.24, 2.45) is 7.05 Å². The third-order valence-electron chi connectivity index (χ3n) is 6.32. The van der Waals surface area contributed by atoms with E-state index in [9.17, 15) is 9.59 Å². The van der Waals surface area contributed by atoms with Gasteiger partial charge < -0.3 is 5.32 Å². The third-order valence-corrected chi connectivity index (χ3v) is 7.73. The summed E-state index contributed by atoms with van der Waals surface area (Å²) in [4.78, 5) is 31.0. The van der Waals surface area contributed by atoms with E-state index in [1.165, 1.54) is 17.3 Å². The van der Waals surface area contributed by atoms with Gasteiger partial charge in [-0.3, -0.25) is 14.2 Å². The second-order valence-electron chi connectivity index (χ2n) is 10.1. The average molecular weight is 492 g/mol. The lowest BCUT2D eigenvalue weighted by atomic mass is 9.86. The van der Waals surface area contributed by atoms with Gasteiger partial charge in [0.15, 0.2) is 5.16 Å². The van der Waals surface area contributed by atoms with Crippen molar-refractivity contribution in [2.75, 3.05) is 0 Å². The molecule has 5 nitrogen and oxygen atoms in total. The van der Waals surface area contributed by atoms with E-state index in [1.807, 2.05) is 51.1 Å². The van der Waals surface area contributed by atoms with Crippen LogP contribution in [0, 0.1) is 6.92 Å². The number of rotatable bonds is 8. The summed E-state index contributed by atoms with van der Waals surface area (Å²) in [6, 6.07) is 18.2. The molecule has 1 heterocycles. The molecule has 0 saturated carbocycles. The van der Waals surface area contributed by atoms with Gasteiger partial charge in [-0.05, 0) is 42.4 Å². The van der Waals surface area contributed by atoms with E-state index < -0.39 is 0 Å². The lowest BCUT2D eigenvalue weighted by Crippen LogP contribution is -2.35. The van der Waals surface area contributed by atoms with Crippen LogP contribution in [0.4, 0.5) is 0 Å². The van der Waals surface area contributed by atoms with Crippen LogP contribution in [0.3, 0.4) is 0 Å². The molecule has 1 aromatic heterocycles. The molecule has 0 aliphatic heterocycles. The largest absolute Gasteiger partial charge is 0.349 e. The zero-order chi connectivity index (χ0) is 25.8. The number of nitrogens with one attached hydrogen (secondary N) is 1. The molecule has 2 aromatic carbocycles. The predicted octanol–water partition coefficient (Wildman–Crippen LogP) is 5.73. The van der Waals surface area contributed by atoms with Crippen LogP contribution in [0.2, 0.25) is 0 Å². The van der Waals surface area contributed by atoms with Crippen LogP contribution in [-0.2, 0) is 23.7 Å². The van der Waals surface area contributed by atoms with Crippen molar-refractivity contribution >= 4 is 17.7 Å². The fourth-order valence-electron chi connectivity index (χ4n) is 3.95. The van der Waals surface area contributed by atoms with Gasteiger partial charge in [0, 0.05) is 24.7 Å². The first-order valence-electron chi connectivity index (χ1n) is 12.2. The summed E-state index contributed by atoms with van der Waals surface area (Å²) in [5.41, 5.74) is 4.84. The molecule has 0 radical (unpaired) electrons. The molecule has 6 heteroatoms. The van der Waals surface area contributed by atoms with E-state index in [4.69, 9.17) is 4.98 Å². The molecular formula is C29H37N3O2S. The number of amides is 1. The van der Waals surface area contributed by atoms with Crippen LogP contribution in [0.1, 0.15) is 75.0 Å². The minimum Gasteiger partial charge on any atom is -0.349 e. The Morgan fingerprint density at radius 1 is 1.09 bits per heavy atom. The minimum atomic E-state index is -0.338.